The molecule has 1 saturated heterocycles. The predicted octanol–water partition coefficient (Wildman–Crippen LogP) is 3.21. The summed E-state index contributed by atoms with van der Waals surface area (Å²) in [6.07, 6.45) is 3.98. The van der Waals surface area contributed by atoms with Crippen LogP contribution in [0.15, 0.2) is 30.3 Å². The highest BCUT2D eigenvalue weighted by atomic mass is 15.3. The molecule has 1 N–H and O–H groups in total. The van der Waals surface area contributed by atoms with Crippen LogP contribution in [0.5, 0.6) is 0 Å². The van der Waals surface area contributed by atoms with Crippen LogP contribution in [0.2, 0.25) is 0 Å². The quantitative estimate of drug-likeness (QED) is 0.892. The second kappa shape index (κ2) is 5.64. The van der Waals surface area contributed by atoms with Crippen LogP contribution in [-0.2, 0) is 0 Å². The van der Waals surface area contributed by atoms with E-state index in [1.807, 2.05) is 0 Å². The molecule has 1 heterocycles. The Morgan fingerprint density at radius 1 is 1.26 bits per heavy atom. The highest BCUT2D eigenvalue weighted by Gasteiger charge is 2.43. The van der Waals surface area contributed by atoms with E-state index < -0.39 is 0 Å². The number of nitrogens with one attached hydrogen (secondary N) is 1. The van der Waals surface area contributed by atoms with Gasteiger partial charge in [0.2, 0.25) is 0 Å². The predicted molar refractivity (Wildman–Crippen MR) is 80.2 cm³/mol. The van der Waals surface area contributed by atoms with Crippen molar-refractivity contribution in [3.8, 4) is 0 Å². The van der Waals surface area contributed by atoms with E-state index in [1.165, 1.54) is 31.4 Å². The lowest BCUT2D eigenvalue weighted by Gasteiger charge is -2.41. The van der Waals surface area contributed by atoms with Crippen molar-refractivity contribution >= 4 is 0 Å². The molecule has 2 nitrogen and oxygen atoms in total. The molecule has 1 saturated carbocycles. The van der Waals surface area contributed by atoms with Crippen molar-refractivity contribution in [2.75, 3.05) is 13.1 Å². The van der Waals surface area contributed by atoms with Crippen LogP contribution in [0, 0.1) is 5.92 Å². The van der Waals surface area contributed by atoms with E-state index in [-0.39, 0.29) is 0 Å². The molecule has 19 heavy (non-hydrogen) atoms. The van der Waals surface area contributed by atoms with Crippen LogP contribution in [-0.4, -0.2) is 30.1 Å². The number of piperazine rings is 1. The lowest BCUT2D eigenvalue weighted by atomic mass is 9.99. The summed E-state index contributed by atoms with van der Waals surface area (Å²) >= 11 is 0. The van der Waals surface area contributed by atoms with Crippen LogP contribution in [0.4, 0.5) is 0 Å². The van der Waals surface area contributed by atoms with Gasteiger partial charge in [0.25, 0.3) is 0 Å². The van der Waals surface area contributed by atoms with Gasteiger partial charge in [-0.3, -0.25) is 4.90 Å². The first-order valence-electron chi connectivity index (χ1n) is 7.83. The molecule has 0 bridgehead atoms. The second-order valence-electron chi connectivity index (χ2n) is 6.30. The fourth-order valence-electron chi connectivity index (χ4n) is 3.50. The Kier molecular flexibility index (Phi) is 3.90. The van der Waals surface area contributed by atoms with Crippen LogP contribution in [0.25, 0.3) is 0 Å². The molecule has 4 atom stereocenters. The molecule has 1 aliphatic carbocycles. The molecule has 2 fully saturated rings. The minimum absolute atomic E-state index is 0.573. The number of hydrogen-bond donors (Lipinski definition) is 1. The number of rotatable bonds is 4. The molecule has 2 aliphatic rings. The number of nitrogens with zero attached hydrogens (tertiary/aromatic N) is 1. The molecule has 1 aliphatic heterocycles. The van der Waals surface area contributed by atoms with Gasteiger partial charge in [-0.25, -0.2) is 0 Å². The third-order valence-corrected chi connectivity index (χ3v) is 4.75. The van der Waals surface area contributed by atoms with E-state index in [0.29, 0.717) is 12.1 Å². The molecule has 1 aromatic rings. The molecular formula is C17H26N2. The van der Waals surface area contributed by atoms with Crippen LogP contribution < -0.4 is 5.32 Å². The van der Waals surface area contributed by atoms with E-state index >= 15 is 0 Å². The topological polar surface area (TPSA) is 15.3 Å². The Hall–Kier alpha value is -0.860. The third-order valence-electron chi connectivity index (χ3n) is 4.75. The lowest BCUT2D eigenvalue weighted by Crippen LogP contribution is -2.53. The molecule has 1 aromatic carbocycles. The first-order valence-corrected chi connectivity index (χ1v) is 7.83. The summed E-state index contributed by atoms with van der Waals surface area (Å²) in [7, 11) is 0. The van der Waals surface area contributed by atoms with E-state index in [2.05, 4.69) is 54.4 Å². The third kappa shape index (κ3) is 2.85. The number of hydrogen-bond acceptors (Lipinski definition) is 2. The van der Waals surface area contributed by atoms with Crippen molar-refractivity contribution in [3.05, 3.63) is 35.9 Å². The van der Waals surface area contributed by atoms with Gasteiger partial charge in [0.05, 0.1) is 0 Å². The van der Waals surface area contributed by atoms with E-state index in [9.17, 15) is 0 Å². The Labute approximate surface area is 117 Å². The van der Waals surface area contributed by atoms with Gasteiger partial charge >= 0.3 is 0 Å². The molecule has 104 valence electrons. The Balaban J connectivity index is 1.75. The van der Waals surface area contributed by atoms with Crippen molar-refractivity contribution in [2.45, 2.75) is 51.2 Å². The summed E-state index contributed by atoms with van der Waals surface area (Å²) in [4.78, 5) is 2.77. The standard InChI is InChI=1S/C17H26N2/c1-3-7-15-12-19(16-10-13(16)2)17(11-18-15)14-8-5-4-6-9-14/h4-6,8-9,13,15-18H,3,7,10-12H2,1-2H3. The molecule has 0 amide bonds. The minimum atomic E-state index is 0.573. The molecule has 0 radical (unpaired) electrons. The first-order chi connectivity index (χ1) is 9.29. The average Bonchev–Trinajstić information content (AvgIpc) is 3.17. The summed E-state index contributed by atoms with van der Waals surface area (Å²) < 4.78 is 0. The summed E-state index contributed by atoms with van der Waals surface area (Å²) in [5, 5.41) is 3.75. The lowest BCUT2D eigenvalue weighted by molar-refractivity contribution is 0.113. The molecular weight excluding hydrogens is 232 g/mol. The van der Waals surface area contributed by atoms with Gasteiger partial charge in [0.15, 0.2) is 0 Å². The minimum Gasteiger partial charge on any atom is -0.311 e. The van der Waals surface area contributed by atoms with Crippen molar-refractivity contribution in [3.63, 3.8) is 0 Å². The van der Waals surface area contributed by atoms with E-state index in [4.69, 9.17) is 0 Å². The Morgan fingerprint density at radius 2 is 2.00 bits per heavy atom. The first kappa shape index (κ1) is 13.1. The van der Waals surface area contributed by atoms with E-state index in [1.54, 1.807) is 0 Å². The van der Waals surface area contributed by atoms with Crippen LogP contribution >= 0.6 is 0 Å². The maximum Gasteiger partial charge on any atom is 0.0476 e. The molecule has 3 rings (SSSR count). The van der Waals surface area contributed by atoms with Gasteiger partial charge in [-0.05, 0) is 24.3 Å². The van der Waals surface area contributed by atoms with E-state index in [0.717, 1.165) is 18.5 Å². The normalized spacial score (nSPS) is 35.3. The zero-order chi connectivity index (χ0) is 13.2. The van der Waals surface area contributed by atoms with Gasteiger partial charge in [-0.2, -0.15) is 0 Å². The number of benzene rings is 1. The fraction of sp³-hybridized carbons (Fsp3) is 0.647. The fourth-order valence-corrected chi connectivity index (χ4v) is 3.50. The maximum atomic E-state index is 3.75. The average molecular weight is 258 g/mol. The maximum absolute atomic E-state index is 3.75. The highest BCUT2D eigenvalue weighted by molar-refractivity contribution is 5.21. The Bertz CT molecular complexity index is 403. The molecule has 2 heteroatoms. The monoisotopic (exact) mass is 258 g/mol. The molecule has 0 spiro atoms. The van der Waals surface area contributed by atoms with Gasteiger partial charge in [0, 0.05) is 31.2 Å². The van der Waals surface area contributed by atoms with Gasteiger partial charge < -0.3 is 5.32 Å². The second-order valence-corrected chi connectivity index (χ2v) is 6.30. The van der Waals surface area contributed by atoms with Crippen LogP contribution in [0.3, 0.4) is 0 Å². The largest absolute Gasteiger partial charge is 0.311 e. The molecule has 0 aromatic heterocycles. The van der Waals surface area contributed by atoms with Crippen molar-refractivity contribution in [2.24, 2.45) is 5.92 Å². The zero-order valence-corrected chi connectivity index (χ0v) is 12.2. The smallest absolute Gasteiger partial charge is 0.0476 e. The zero-order valence-electron chi connectivity index (χ0n) is 12.2. The molecule has 4 unspecified atom stereocenters. The van der Waals surface area contributed by atoms with Crippen molar-refractivity contribution < 1.29 is 0 Å². The summed E-state index contributed by atoms with van der Waals surface area (Å²) in [6.45, 7) is 7.01. The van der Waals surface area contributed by atoms with Crippen molar-refractivity contribution in [1.82, 2.24) is 10.2 Å². The summed E-state index contributed by atoms with van der Waals surface area (Å²) in [5.41, 5.74) is 1.48. The van der Waals surface area contributed by atoms with Crippen LogP contribution in [0.1, 0.15) is 44.7 Å². The van der Waals surface area contributed by atoms with Gasteiger partial charge in [-0.1, -0.05) is 50.6 Å². The highest BCUT2D eigenvalue weighted by Crippen LogP contribution is 2.41. The SMILES string of the molecule is CCCC1CN(C2CC2C)C(c2ccccc2)CN1. The van der Waals surface area contributed by atoms with Gasteiger partial charge in [0.1, 0.15) is 0 Å². The van der Waals surface area contributed by atoms with Crippen molar-refractivity contribution in [1.29, 1.82) is 0 Å². The van der Waals surface area contributed by atoms with Gasteiger partial charge in [-0.15, -0.1) is 0 Å². The Morgan fingerprint density at radius 3 is 2.63 bits per heavy atom. The summed E-state index contributed by atoms with van der Waals surface area (Å²) in [5.74, 6) is 0.895. The summed E-state index contributed by atoms with van der Waals surface area (Å²) in [6, 6.07) is 13.1.